The molecule has 5 heteroatoms. The van der Waals surface area contributed by atoms with Crippen molar-refractivity contribution in [1.29, 1.82) is 0 Å². The number of likely N-dealkylation sites (tertiary alicyclic amines) is 1. The normalized spacial score (nSPS) is 22.1. The van der Waals surface area contributed by atoms with Gasteiger partial charge in [-0.05, 0) is 30.2 Å². The summed E-state index contributed by atoms with van der Waals surface area (Å²) in [6.45, 7) is 4.90. The Morgan fingerprint density at radius 2 is 2.30 bits per heavy atom. The smallest absolute Gasteiger partial charge is 0.119 e. The second kappa shape index (κ2) is 7.09. The molecule has 1 heterocycles. The van der Waals surface area contributed by atoms with Gasteiger partial charge in [-0.3, -0.25) is 4.90 Å². The molecule has 4 nitrogen and oxygen atoms in total. The van der Waals surface area contributed by atoms with E-state index in [9.17, 15) is 0 Å². The van der Waals surface area contributed by atoms with Gasteiger partial charge in [-0.1, -0.05) is 28.0 Å². The zero-order chi connectivity index (χ0) is 14.5. The molecular formula is C15H21BrN2O2. The van der Waals surface area contributed by atoms with E-state index in [1.54, 1.807) is 7.11 Å². The molecule has 1 saturated heterocycles. The maximum Gasteiger partial charge on any atom is 0.119 e. The Hall–Kier alpha value is -1.07. The summed E-state index contributed by atoms with van der Waals surface area (Å²) in [4.78, 5) is 2.41. The summed E-state index contributed by atoms with van der Waals surface area (Å²) in [6, 6.07) is 6.05. The summed E-state index contributed by atoms with van der Waals surface area (Å²) < 4.78 is 6.39. The standard InChI is InChI=1S/C15H21BrN2O2/c1-3-11-9-18(7-6-15(11)17-19)10-12-8-13(20-2)4-5-14(12)16/h4-5,8,11,19H,3,6-7,9-10H2,1-2H3/b17-15+. The summed E-state index contributed by atoms with van der Waals surface area (Å²) in [5, 5.41) is 12.5. The number of piperidine rings is 1. The van der Waals surface area contributed by atoms with Gasteiger partial charge in [0.1, 0.15) is 5.75 Å². The number of halogens is 1. The zero-order valence-electron chi connectivity index (χ0n) is 12.0. The molecule has 0 amide bonds. The fourth-order valence-electron chi connectivity index (χ4n) is 2.67. The third kappa shape index (κ3) is 3.52. The number of rotatable bonds is 4. The molecule has 1 unspecified atom stereocenters. The first-order valence-electron chi connectivity index (χ1n) is 6.93. The molecule has 1 aliphatic rings. The number of oxime groups is 1. The van der Waals surface area contributed by atoms with Crippen LogP contribution in [0.3, 0.4) is 0 Å². The summed E-state index contributed by atoms with van der Waals surface area (Å²) in [7, 11) is 1.69. The highest BCUT2D eigenvalue weighted by Crippen LogP contribution is 2.26. The maximum absolute atomic E-state index is 9.03. The van der Waals surface area contributed by atoms with Crippen molar-refractivity contribution in [2.24, 2.45) is 11.1 Å². The van der Waals surface area contributed by atoms with E-state index in [0.29, 0.717) is 5.92 Å². The predicted molar refractivity (Wildman–Crippen MR) is 83.6 cm³/mol. The fraction of sp³-hybridized carbons (Fsp3) is 0.533. The summed E-state index contributed by atoms with van der Waals surface area (Å²) >= 11 is 3.60. The van der Waals surface area contributed by atoms with Crippen LogP contribution >= 0.6 is 15.9 Å². The van der Waals surface area contributed by atoms with Crippen LogP contribution in [0.5, 0.6) is 5.75 Å². The molecule has 0 radical (unpaired) electrons. The molecule has 2 rings (SSSR count). The first kappa shape index (κ1) is 15.3. The highest BCUT2D eigenvalue weighted by Gasteiger charge is 2.25. The van der Waals surface area contributed by atoms with Crippen molar-refractivity contribution in [1.82, 2.24) is 4.90 Å². The number of hydrogen-bond acceptors (Lipinski definition) is 4. The van der Waals surface area contributed by atoms with Crippen LogP contribution in [0, 0.1) is 5.92 Å². The lowest BCUT2D eigenvalue weighted by Crippen LogP contribution is -2.40. The van der Waals surface area contributed by atoms with Crippen LogP contribution in [-0.2, 0) is 6.54 Å². The van der Waals surface area contributed by atoms with Gasteiger partial charge in [0.15, 0.2) is 0 Å². The molecule has 1 atom stereocenters. The maximum atomic E-state index is 9.03. The van der Waals surface area contributed by atoms with Gasteiger partial charge in [0.25, 0.3) is 0 Å². The number of methoxy groups -OCH3 is 1. The van der Waals surface area contributed by atoms with Crippen molar-refractivity contribution < 1.29 is 9.94 Å². The Bertz CT molecular complexity index is 491. The molecule has 1 aromatic rings. The number of hydrogen-bond donors (Lipinski definition) is 1. The van der Waals surface area contributed by atoms with E-state index < -0.39 is 0 Å². The van der Waals surface area contributed by atoms with Crippen LogP contribution in [0.1, 0.15) is 25.3 Å². The Morgan fingerprint density at radius 1 is 1.50 bits per heavy atom. The lowest BCUT2D eigenvalue weighted by Gasteiger charge is -2.33. The number of nitrogens with zero attached hydrogens (tertiary/aromatic N) is 2. The molecule has 0 aromatic heterocycles. The Morgan fingerprint density at radius 3 is 2.95 bits per heavy atom. The van der Waals surface area contributed by atoms with E-state index >= 15 is 0 Å². The van der Waals surface area contributed by atoms with Crippen LogP contribution in [0.2, 0.25) is 0 Å². The summed E-state index contributed by atoms with van der Waals surface area (Å²) in [5.41, 5.74) is 2.16. The van der Waals surface area contributed by atoms with E-state index in [2.05, 4.69) is 39.0 Å². The van der Waals surface area contributed by atoms with Crippen molar-refractivity contribution in [3.8, 4) is 5.75 Å². The SMILES string of the molecule is CCC1CN(Cc2cc(OC)ccc2Br)CC/C1=N\O. The van der Waals surface area contributed by atoms with Gasteiger partial charge >= 0.3 is 0 Å². The lowest BCUT2D eigenvalue weighted by atomic mass is 9.93. The minimum atomic E-state index is 0.359. The molecule has 1 N–H and O–H groups in total. The highest BCUT2D eigenvalue weighted by atomic mass is 79.9. The molecule has 0 spiro atoms. The number of benzene rings is 1. The second-order valence-electron chi connectivity index (χ2n) is 5.14. The van der Waals surface area contributed by atoms with Crippen molar-refractivity contribution >= 4 is 21.6 Å². The van der Waals surface area contributed by atoms with Crippen molar-refractivity contribution in [3.63, 3.8) is 0 Å². The molecule has 0 saturated carbocycles. The first-order chi connectivity index (χ1) is 9.67. The molecule has 1 aliphatic heterocycles. The average molecular weight is 341 g/mol. The predicted octanol–water partition coefficient (Wildman–Crippen LogP) is 3.52. The van der Waals surface area contributed by atoms with Gasteiger partial charge in [0, 0.05) is 36.4 Å². The average Bonchev–Trinajstić information content (AvgIpc) is 2.49. The molecule has 20 heavy (non-hydrogen) atoms. The summed E-state index contributed by atoms with van der Waals surface area (Å²) in [5.74, 6) is 1.24. The van der Waals surface area contributed by atoms with Crippen LogP contribution in [-0.4, -0.2) is 36.0 Å². The Labute approximate surface area is 128 Å². The van der Waals surface area contributed by atoms with Crippen LogP contribution < -0.4 is 4.74 Å². The molecule has 0 aliphatic carbocycles. The molecular weight excluding hydrogens is 320 g/mol. The summed E-state index contributed by atoms with van der Waals surface area (Å²) in [6.07, 6.45) is 1.85. The molecule has 110 valence electrons. The van der Waals surface area contributed by atoms with Gasteiger partial charge in [0.2, 0.25) is 0 Å². The second-order valence-corrected chi connectivity index (χ2v) is 5.99. The number of ether oxygens (including phenoxy) is 1. The van der Waals surface area contributed by atoms with E-state index in [-0.39, 0.29) is 0 Å². The van der Waals surface area contributed by atoms with E-state index in [4.69, 9.17) is 9.94 Å². The third-order valence-corrected chi connectivity index (χ3v) is 4.68. The van der Waals surface area contributed by atoms with Gasteiger partial charge in [-0.25, -0.2) is 0 Å². The first-order valence-corrected chi connectivity index (χ1v) is 7.72. The molecule has 1 aromatic carbocycles. The minimum Gasteiger partial charge on any atom is -0.497 e. The fourth-order valence-corrected chi connectivity index (χ4v) is 3.04. The third-order valence-electron chi connectivity index (χ3n) is 3.90. The van der Waals surface area contributed by atoms with Crippen molar-refractivity contribution in [3.05, 3.63) is 28.2 Å². The molecule has 1 fully saturated rings. The van der Waals surface area contributed by atoms with Crippen molar-refractivity contribution in [2.75, 3.05) is 20.2 Å². The van der Waals surface area contributed by atoms with Crippen molar-refractivity contribution in [2.45, 2.75) is 26.3 Å². The van der Waals surface area contributed by atoms with Gasteiger partial charge in [-0.2, -0.15) is 0 Å². The van der Waals surface area contributed by atoms with Crippen LogP contribution in [0.25, 0.3) is 0 Å². The van der Waals surface area contributed by atoms with Crippen LogP contribution in [0.4, 0.5) is 0 Å². The largest absolute Gasteiger partial charge is 0.497 e. The van der Waals surface area contributed by atoms with E-state index in [1.807, 2.05) is 12.1 Å². The lowest BCUT2D eigenvalue weighted by molar-refractivity contribution is 0.220. The van der Waals surface area contributed by atoms with E-state index in [1.165, 1.54) is 5.56 Å². The van der Waals surface area contributed by atoms with Gasteiger partial charge < -0.3 is 9.94 Å². The van der Waals surface area contributed by atoms with Gasteiger partial charge in [-0.15, -0.1) is 0 Å². The van der Waals surface area contributed by atoms with E-state index in [0.717, 1.165) is 48.4 Å². The zero-order valence-corrected chi connectivity index (χ0v) is 13.6. The Kier molecular flexibility index (Phi) is 5.43. The van der Waals surface area contributed by atoms with Crippen LogP contribution in [0.15, 0.2) is 27.8 Å². The quantitative estimate of drug-likeness (QED) is 0.673. The molecule has 0 bridgehead atoms. The minimum absolute atomic E-state index is 0.359. The monoisotopic (exact) mass is 340 g/mol. The Balaban J connectivity index is 2.07. The highest BCUT2D eigenvalue weighted by molar-refractivity contribution is 9.10. The van der Waals surface area contributed by atoms with Gasteiger partial charge in [0.05, 0.1) is 12.8 Å². The topological polar surface area (TPSA) is 45.1 Å².